The minimum absolute atomic E-state index is 0.256. The van der Waals surface area contributed by atoms with Gasteiger partial charge in [-0.25, -0.2) is 0 Å². The van der Waals surface area contributed by atoms with Gasteiger partial charge in [0.05, 0.1) is 28.1 Å². The third-order valence-electron chi connectivity index (χ3n) is 2.03. The standard InChI is InChI=1S/C9H5Cl3N2O3/c10-7(15)2-1-3(8(11)16)6(14)4(5(2)13)9(12)17/h1H,13-14H2. The van der Waals surface area contributed by atoms with Crippen molar-refractivity contribution < 1.29 is 14.4 Å². The molecule has 0 atom stereocenters. The quantitative estimate of drug-likeness (QED) is 0.655. The smallest absolute Gasteiger partial charge is 0.256 e. The topological polar surface area (TPSA) is 103 Å². The molecule has 0 unspecified atom stereocenters. The molecular weight excluding hydrogens is 290 g/mol. The Kier molecular flexibility index (Phi) is 3.98. The van der Waals surface area contributed by atoms with Crippen LogP contribution in [0.1, 0.15) is 31.1 Å². The van der Waals surface area contributed by atoms with Gasteiger partial charge in [-0.05, 0) is 40.9 Å². The highest BCUT2D eigenvalue weighted by atomic mass is 35.5. The number of carbonyl (C=O) groups is 3. The van der Waals surface area contributed by atoms with Gasteiger partial charge in [0.1, 0.15) is 0 Å². The fourth-order valence-electron chi connectivity index (χ4n) is 1.25. The highest BCUT2D eigenvalue weighted by Gasteiger charge is 2.23. The van der Waals surface area contributed by atoms with E-state index < -0.39 is 15.7 Å². The molecule has 8 heteroatoms. The molecule has 90 valence electrons. The van der Waals surface area contributed by atoms with E-state index >= 15 is 0 Å². The molecule has 0 spiro atoms. The molecule has 0 heterocycles. The number of nitrogens with two attached hydrogens (primary N) is 2. The lowest BCUT2D eigenvalue weighted by molar-refractivity contribution is 0.108. The van der Waals surface area contributed by atoms with Crippen molar-refractivity contribution >= 4 is 61.9 Å². The fraction of sp³-hybridized carbons (Fsp3) is 0. The van der Waals surface area contributed by atoms with Gasteiger partial charge in [-0.2, -0.15) is 0 Å². The van der Waals surface area contributed by atoms with E-state index in [1.54, 1.807) is 0 Å². The second-order valence-corrected chi connectivity index (χ2v) is 4.03. The van der Waals surface area contributed by atoms with E-state index in [1.807, 2.05) is 0 Å². The van der Waals surface area contributed by atoms with E-state index in [0.29, 0.717) is 0 Å². The Bertz CT molecular complexity index is 505. The van der Waals surface area contributed by atoms with Crippen molar-refractivity contribution in [1.29, 1.82) is 0 Å². The van der Waals surface area contributed by atoms with Crippen LogP contribution >= 0.6 is 34.8 Å². The van der Waals surface area contributed by atoms with Gasteiger partial charge in [-0.15, -0.1) is 0 Å². The summed E-state index contributed by atoms with van der Waals surface area (Å²) in [4.78, 5) is 33.3. The average Bonchev–Trinajstić information content (AvgIpc) is 2.15. The molecule has 5 nitrogen and oxygen atoms in total. The maximum Gasteiger partial charge on any atom is 0.256 e. The number of hydrogen-bond donors (Lipinski definition) is 2. The van der Waals surface area contributed by atoms with Crippen LogP contribution in [0.25, 0.3) is 0 Å². The molecule has 0 saturated carbocycles. The maximum atomic E-state index is 11.1. The summed E-state index contributed by atoms with van der Waals surface area (Å²) in [6, 6.07) is 1.01. The Morgan fingerprint density at radius 2 is 1.18 bits per heavy atom. The van der Waals surface area contributed by atoms with Crippen LogP contribution in [0.3, 0.4) is 0 Å². The van der Waals surface area contributed by atoms with E-state index in [-0.39, 0.29) is 28.1 Å². The van der Waals surface area contributed by atoms with Crippen LogP contribution in [-0.2, 0) is 0 Å². The van der Waals surface area contributed by atoms with Gasteiger partial charge in [-0.3, -0.25) is 14.4 Å². The molecular formula is C9H5Cl3N2O3. The van der Waals surface area contributed by atoms with Crippen molar-refractivity contribution in [2.75, 3.05) is 11.5 Å². The van der Waals surface area contributed by atoms with Crippen LogP contribution in [0.2, 0.25) is 0 Å². The summed E-state index contributed by atoms with van der Waals surface area (Å²) in [7, 11) is 0. The minimum Gasteiger partial charge on any atom is -0.397 e. The Morgan fingerprint density at radius 3 is 1.41 bits per heavy atom. The normalized spacial score (nSPS) is 10.1. The molecule has 1 aromatic carbocycles. The van der Waals surface area contributed by atoms with E-state index in [1.165, 1.54) is 0 Å². The molecule has 0 aliphatic rings. The second-order valence-electron chi connectivity index (χ2n) is 3.00. The summed E-state index contributed by atoms with van der Waals surface area (Å²) in [5.41, 5.74) is 9.57. The first kappa shape index (κ1) is 13.8. The Hall–Kier alpha value is -1.30. The predicted molar refractivity (Wildman–Crippen MR) is 65.8 cm³/mol. The largest absolute Gasteiger partial charge is 0.397 e. The van der Waals surface area contributed by atoms with Crippen LogP contribution in [0, 0.1) is 0 Å². The van der Waals surface area contributed by atoms with Crippen molar-refractivity contribution in [1.82, 2.24) is 0 Å². The number of anilines is 2. The van der Waals surface area contributed by atoms with Gasteiger partial charge in [0.2, 0.25) is 0 Å². The molecule has 1 aromatic rings. The van der Waals surface area contributed by atoms with E-state index in [2.05, 4.69) is 0 Å². The number of carbonyl (C=O) groups excluding carboxylic acids is 3. The Balaban J connectivity index is 3.76. The van der Waals surface area contributed by atoms with Crippen molar-refractivity contribution in [2.45, 2.75) is 0 Å². The third-order valence-corrected chi connectivity index (χ3v) is 2.62. The van der Waals surface area contributed by atoms with Gasteiger partial charge >= 0.3 is 0 Å². The molecule has 17 heavy (non-hydrogen) atoms. The highest BCUT2D eigenvalue weighted by Crippen LogP contribution is 2.31. The molecule has 0 aliphatic heterocycles. The zero-order valence-corrected chi connectivity index (χ0v) is 10.4. The first-order chi connectivity index (χ1) is 7.77. The molecule has 0 saturated heterocycles. The van der Waals surface area contributed by atoms with Crippen LogP contribution in [0.15, 0.2) is 6.07 Å². The lowest BCUT2D eigenvalue weighted by Gasteiger charge is -2.11. The second kappa shape index (κ2) is 4.91. The van der Waals surface area contributed by atoms with Gasteiger partial charge in [0.15, 0.2) is 0 Å². The summed E-state index contributed by atoms with van der Waals surface area (Å²) >= 11 is 15.8. The number of hydrogen-bond acceptors (Lipinski definition) is 5. The number of halogens is 3. The minimum atomic E-state index is -1.01. The Morgan fingerprint density at radius 1 is 0.824 bits per heavy atom. The fourth-order valence-corrected chi connectivity index (χ4v) is 1.77. The van der Waals surface area contributed by atoms with Gasteiger partial charge in [0, 0.05) is 0 Å². The summed E-state index contributed by atoms with van der Waals surface area (Å²) in [6.45, 7) is 0. The lowest BCUT2D eigenvalue weighted by Crippen LogP contribution is -2.12. The van der Waals surface area contributed by atoms with E-state index in [9.17, 15) is 14.4 Å². The van der Waals surface area contributed by atoms with Crippen molar-refractivity contribution in [3.05, 3.63) is 22.8 Å². The molecule has 0 aliphatic carbocycles. The van der Waals surface area contributed by atoms with Crippen LogP contribution < -0.4 is 11.5 Å². The Labute approximate surface area is 111 Å². The first-order valence-corrected chi connectivity index (χ1v) is 5.22. The molecule has 0 bridgehead atoms. The van der Waals surface area contributed by atoms with Crippen molar-refractivity contribution in [2.24, 2.45) is 0 Å². The SMILES string of the molecule is Nc1c(C(=O)Cl)cc(C(=O)Cl)c(N)c1C(=O)Cl. The summed E-state index contributed by atoms with van der Waals surface area (Å²) in [6.07, 6.45) is 0. The average molecular weight is 296 g/mol. The van der Waals surface area contributed by atoms with E-state index in [4.69, 9.17) is 46.3 Å². The summed E-state index contributed by atoms with van der Waals surface area (Å²) in [5.74, 6) is 0. The lowest BCUT2D eigenvalue weighted by atomic mass is 10.0. The predicted octanol–water partition coefficient (Wildman–Crippen LogP) is 1.99. The van der Waals surface area contributed by atoms with Gasteiger partial charge in [0.25, 0.3) is 15.7 Å². The van der Waals surface area contributed by atoms with Gasteiger partial charge in [-0.1, -0.05) is 0 Å². The molecule has 1 rings (SSSR count). The maximum absolute atomic E-state index is 11.1. The molecule has 4 N–H and O–H groups in total. The monoisotopic (exact) mass is 294 g/mol. The van der Waals surface area contributed by atoms with Crippen LogP contribution in [0.5, 0.6) is 0 Å². The molecule has 0 radical (unpaired) electrons. The third kappa shape index (κ3) is 2.52. The highest BCUT2D eigenvalue weighted by molar-refractivity contribution is 6.72. The summed E-state index contributed by atoms with van der Waals surface area (Å²) < 4.78 is 0. The summed E-state index contributed by atoms with van der Waals surface area (Å²) in [5, 5.41) is -2.93. The molecule has 0 fully saturated rings. The molecule has 0 amide bonds. The number of rotatable bonds is 3. The van der Waals surface area contributed by atoms with Crippen LogP contribution in [-0.4, -0.2) is 15.7 Å². The van der Waals surface area contributed by atoms with E-state index in [0.717, 1.165) is 6.07 Å². The first-order valence-electron chi connectivity index (χ1n) is 4.08. The zero-order chi connectivity index (χ0) is 13.3. The van der Waals surface area contributed by atoms with Gasteiger partial charge < -0.3 is 11.5 Å². The zero-order valence-electron chi connectivity index (χ0n) is 8.09. The number of benzene rings is 1. The molecule has 0 aromatic heterocycles. The van der Waals surface area contributed by atoms with Crippen LogP contribution in [0.4, 0.5) is 11.4 Å². The number of nitrogen functional groups attached to an aromatic ring is 2. The van der Waals surface area contributed by atoms with Crippen molar-refractivity contribution in [3.8, 4) is 0 Å². The van der Waals surface area contributed by atoms with Crippen molar-refractivity contribution in [3.63, 3.8) is 0 Å².